The second-order valence-corrected chi connectivity index (χ2v) is 9.68. The van der Waals surface area contributed by atoms with Gasteiger partial charge >= 0.3 is 0 Å². The summed E-state index contributed by atoms with van der Waals surface area (Å²) >= 11 is 0. The number of hydrogen-bond acceptors (Lipinski definition) is 3. The van der Waals surface area contributed by atoms with Crippen LogP contribution in [0.2, 0.25) is 0 Å². The van der Waals surface area contributed by atoms with Crippen LogP contribution in [0.4, 0.5) is 5.69 Å². The third-order valence-electron chi connectivity index (χ3n) is 4.97. The van der Waals surface area contributed by atoms with E-state index in [1.807, 2.05) is 37.4 Å². The molecule has 0 amide bonds. The number of ether oxygens (including phenoxy) is 1. The zero-order valence-corrected chi connectivity index (χ0v) is 16.8. The van der Waals surface area contributed by atoms with E-state index in [1.54, 1.807) is 4.31 Å². The van der Waals surface area contributed by atoms with Crippen molar-refractivity contribution in [3.05, 3.63) is 30.5 Å². The fourth-order valence-corrected chi connectivity index (χ4v) is 5.86. The Morgan fingerprint density at radius 2 is 2.04 bits per heavy atom. The summed E-state index contributed by atoms with van der Waals surface area (Å²) < 4.78 is 34.0. The number of sulfonamides is 1. The lowest BCUT2D eigenvalue weighted by Gasteiger charge is -2.33. The number of benzene rings is 1. The van der Waals surface area contributed by atoms with Gasteiger partial charge in [-0.05, 0) is 62.8 Å². The molecule has 0 saturated carbocycles. The second kappa shape index (κ2) is 8.01. The molecule has 3 rings (SSSR count). The van der Waals surface area contributed by atoms with Gasteiger partial charge < -0.3 is 9.72 Å². The monoisotopic (exact) mass is 378 g/mol. The van der Waals surface area contributed by atoms with Crippen molar-refractivity contribution < 1.29 is 13.2 Å². The maximum Gasteiger partial charge on any atom is 0.237 e. The largest absolute Gasteiger partial charge is 0.377 e. The number of nitrogens with zero attached hydrogens (tertiary/aromatic N) is 1. The van der Waals surface area contributed by atoms with Crippen LogP contribution < -0.4 is 4.31 Å². The minimum absolute atomic E-state index is 0.0562. The molecule has 1 aliphatic rings. The van der Waals surface area contributed by atoms with E-state index in [2.05, 4.69) is 18.8 Å². The predicted molar refractivity (Wildman–Crippen MR) is 107 cm³/mol. The van der Waals surface area contributed by atoms with Crippen molar-refractivity contribution in [2.75, 3.05) is 16.7 Å². The highest BCUT2D eigenvalue weighted by atomic mass is 32.2. The number of anilines is 1. The molecule has 1 aromatic carbocycles. The molecule has 2 unspecified atom stereocenters. The van der Waals surface area contributed by atoms with Crippen molar-refractivity contribution in [3.8, 4) is 0 Å². The summed E-state index contributed by atoms with van der Waals surface area (Å²) in [4.78, 5) is 3.16. The molecule has 6 heteroatoms. The first kappa shape index (κ1) is 19.2. The summed E-state index contributed by atoms with van der Waals surface area (Å²) in [6, 6.07) is 7.68. The molecule has 1 N–H and O–H groups in total. The van der Waals surface area contributed by atoms with Crippen LogP contribution in [-0.2, 0) is 14.8 Å². The minimum Gasteiger partial charge on any atom is -0.377 e. The number of nitrogens with one attached hydrogen (secondary N) is 1. The number of rotatable bonds is 7. The Labute approximate surface area is 156 Å². The van der Waals surface area contributed by atoms with Gasteiger partial charge in [-0.25, -0.2) is 8.42 Å². The first-order valence-corrected chi connectivity index (χ1v) is 11.2. The first-order valence-electron chi connectivity index (χ1n) is 9.57. The minimum atomic E-state index is -3.47. The molecule has 0 bridgehead atoms. The molecule has 144 valence electrons. The average Bonchev–Trinajstić information content (AvgIpc) is 3.02. The van der Waals surface area contributed by atoms with E-state index in [4.69, 9.17) is 4.74 Å². The van der Waals surface area contributed by atoms with Crippen molar-refractivity contribution in [2.24, 2.45) is 5.92 Å². The van der Waals surface area contributed by atoms with E-state index in [9.17, 15) is 8.42 Å². The quantitative estimate of drug-likeness (QED) is 0.781. The van der Waals surface area contributed by atoms with E-state index in [0.717, 1.165) is 42.3 Å². The summed E-state index contributed by atoms with van der Waals surface area (Å²) in [5.41, 5.74) is 1.75. The van der Waals surface area contributed by atoms with Crippen LogP contribution in [0.15, 0.2) is 30.5 Å². The van der Waals surface area contributed by atoms with E-state index < -0.39 is 10.0 Å². The molecule has 2 atom stereocenters. The first-order chi connectivity index (χ1) is 12.4. The Hall–Kier alpha value is -1.53. The SMILES string of the molecule is CC(C)CC(C)N(c1ccc2[nH]ccc2c1)S(=O)(=O)CC1CCCCO1. The molecule has 0 aliphatic carbocycles. The highest BCUT2D eigenvalue weighted by Crippen LogP contribution is 2.29. The molecule has 0 radical (unpaired) electrons. The lowest BCUT2D eigenvalue weighted by Crippen LogP contribution is -2.44. The summed E-state index contributed by atoms with van der Waals surface area (Å²) in [5, 5.41) is 1.02. The van der Waals surface area contributed by atoms with E-state index in [1.165, 1.54) is 0 Å². The molecule has 26 heavy (non-hydrogen) atoms. The highest BCUT2D eigenvalue weighted by molar-refractivity contribution is 7.92. The number of aromatic amines is 1. The van der Waals surface area contributed by atoms with Crippen molar-refractivity contribution in [1.29, 1.82) is 0 Å². The topological polar surface area (TPSA) is 62.4 Å². The maximum atomic E-state index is 13.3. The molecular weight excluding hydrogens is 348 g/mol. The molecule has 1 aromatic heterocycles. The number of hydrogen-bond donors (Lipinski definition) is 1. The third-order valence-corrected chi connectivity index (χ3v) is 6.94. The average molecular weight is 379 g/mol. The lowest BCUT2D eigenvalue weighted by molar-refractivity contribution is 0.0304. The van der Waals surface area contributed by atoms with Gasteiger partial charge in [0.2, 0.25) is 10.0 Å². The Morgan fingerprint density at radius 3 is 2.73 bits per heavy atom. The maximum absolute atomic E-state index is 13.3. The fraction of sp³-hybridized carbons (Fsp3) is 0.600. The van der Waals surface area contributed by atoms with Crippen LogP contribution >= 0.6 is 0 Å². The Balaban J connectivity index is 1.93. The molecule has 1 fully saturated rings. The van der Waals surface area contributed by atoms with Gasteiger partial charge in [0.25, 0.3) is 0 Å². The van der Waals surface area contributed by atoms with E-state index in [-0.39, 0.29) is 17.9 Å². The van der Waals surface area contributed by atoms with Gasteiger partial charge in [0.05, 0.1) is 17.5 Å². The molecule has 2 aromatic rings. The number of fused-ring (bicyclic) bond motifs is 1. The van der Waals surface area contributed by atoms with Gasteiger partial charge in [0.15, 0.2) is 0 Å². The predicted octanol–water partition coefficient (Wildman–Crippen LogP) is 4.31. The molecule has 5 nitrogen and oxygen atoms in total. The van der Waals surface area contributed by atoms with Crippen molar-refractivity contribution in [1.82, 2.24) is 4.98 Å². The fourth-order valence-electron chi connectivity index (χ4n) is 3.90. The summed E-state index contributed by atoms with van der Waals surface area (Å²) in [6.07, 6.45) is 5.38. The van der Waals surface area contributed by atoms with E-state index >= 15 is 0 Å². The van der Waals surface area contributed by atoms with E-state index in [0.29, 0.717) is 12.5 Å². The van der Waals surface area contributed by atoms with Crippen LogP contribution in [-0.4, -0.2) is 37.9 Å². The molecule has 1 saturated heterocycles. The van der Waals surface area contributed by atoms with Gasteiger partial charge in [-0.15, -0.1) is 0 Å². The summed E-state index contributed by atoms with van der Waals surface area (Å²) in [7, 11) is -3.47. The zero-order valence-electron chi connectivity index (χ0n) is 15.9. The van der Waals surface area contributed by atoms with Crippen LogP contribution in [0, 0.1) is 5.92 Å². The van der Waals surface area contributed by atoms with Gasteiger partial charge in [-0.2, -0.15) is 0 Å². The van der Waals surface area contributed by atoms with Crippen LogP contribution in [0.3, 0.4) is 0 Å². The third kappa shape index (κ3) is 4.41. The van der Waals surface area contributed by atoms with Crippen molar-refractivity contribution in [2.45, 2.75) is 58.6 Å². The Morgan fingerprint density at radius 1 is 1.23 bits per heavy atom. The summed E-state index contributed by atoms with van der Waals surface area (Å²) in [6.45, 7) is 6.92. The normalized spacial score (nSPS) is 19.8. The van der Waals surface area contributed by atoms with Crippen molar-refractivity contribution in [3.63, 3.8) is 0 Å². The number of aromatic nitrogens is 1. The Kier molecular flexibility index (Phi) is 5.92. The molecular formula is C20H30N2O3S. The van der Waals surface area contributed by atoms with Gasteiger partial charge in [0.1, 0.15) is 0 Å². The lowest BCUT2D eigenvalue weighted by atomic mass is 10.0. The molecule has 2 heterocycles. The van der Waals surface area contributed by atoms with Crippen LogP contribution in [0.5, 0.6) is 0 Å². The highest BCUT2D eigenvalue weighted by Gasteiger charge is 2.32. The number of H-pyrrole nitrogens is 1. The van der Waals surface area contributed by atoms with Crippen LogP contribution in [0.25, 0.3) is 10.9 Å². The van der Waals surface area contributed by atoms with Gasteiger partial charge in [-0.3, -0.25) is 4.31 Å². The standard InChI is InChI=1S/C20H30N2O3S/c1-15(2)12-16(3)22(18-7-8-20-17(13-18)9-10-21-20)26(23,24)14-19-6-4-5-11-25-19/h7-10,13,15-16,19,21H,4-6,11-12,14H2,1-3H3. The Bertz CT molecular complexity index is 822. The molecule has 0 spiro atoms. The van der Waals surface area contributed by atoms with Crippen LogP contribution in [0.1, 0.15) is 46.5 Å². The molecule has 1 aliphatic heterocycles. The van der Waals surface area contributed by atoms with Gasteiger partial charge in [0, 0.05) is 29.7 Å². The zero-order chi connectivity index (χ0) is 18.7. The van der Waals surface area contributed by atoms with Crippen molar-refractivity contribution >= 4 is 26.6 Å². The second-order valence-electron chi connectivity index (χ2n) is 7.79. The van der Waals surface area contributed by atoms with Gasteiger partial charge in [-0.1, -0.05) is 13.8 Å². The smallest absolute Gasteiger partial charge is 0.237 e. The summed E-state index contributed by atoms with van der Waals surface area (Å²) in [5.74, 6) is 0.477.